The molecule has 0 heterocycles. The monoisotopic (exact) mass is 297 g/mol. The van der Waals surface area contributed by atoms with Crippen molar-refractivity contribution in [1.29, 1.82) is 0 Å². The minimum absolute atomic E-state index is 0.0661. The molecule has 5 heteroatoms. The molecule has 2 N–H and O–H groups in total. The van der Waals surface area contributed by atoms with E-state index in [4.69, 9.17) is 0 Å². The van der Waals surface area contributed by atoms with Crippen LogP contribution in [0.25, 0.3) is 0 Å². The van der Waals surface area contributed by atoms with Crippen molar-refractivity contribution in [2.75, 3.05) is 31.3 Å². The number of anilines is 2. The van der Waals surface area contributed by atoms with Gasteiger partial charge in [-0.05, 0) is 36.4 Å². The molecule has 5 nitrogen and oxygen atoms in total. The number of amides is 2. The molecule has 0 aliphatic carbocycles. The van der Waals surface area contributed by atoms with Crippen molar-refractivity contribution >= 4 is 23.2 Å². The van der Waals surface area contributed by atoms with Crippen LogP contribution in [-0.4, -0.2) is 37.4 Å². The van der Waals surface area contributed by atoms with Gasteiger partial charge in [0.15, 0.2) is 0 Å². The van der Waals surface area contributed by atoms with Crippen LogP contribution in [-0.2, 0) is 4.79 Å². The summed E-state index contributed by atoms with van der Waals surface area (Å²) in [6.45, 7) is 0.183. The SMILES string of the molecule is CN(C)C(=O)c1ccc(NC(=O)CNc2ccccc2)cc1. The lowest BCUT2D eigenvalue weighted by Crippen LogP contribution is -2.22. The first kappa shape index (κ1) is 15.6. The number of nitrogens with zero attached hydrogens (tertiary/aromatic N) is 1. The maximum atomic E-state index is 11.9. The molecule has 2 aromatic rings. The van der Waals surface area contributed by atoms with E-state index in [-0.39, 0.29) is 18.4 Å². The molecule has 0 unspecified atom stereocenters. The highest BCUT2D eigenvalue weighted by atomic mass is 16.2. The van der Waals surface area contributed by atoms with Gasteiger partial charge < -0.3 is 15.5 Å². The maximum Gasteiger partial charge on any atom is 0.253 e. The van der Waals surface area contributed by atoms with E-state index in [1.165, 1.54) is 4.90 Å². The Morgan fingerprint density at radius 2 is 1.55 bits per heavy atom. The van der Waals surface area contributed by atoms with Gasteiger partial charge >= 0.3 is 0 Å². The van der Waals surface area contributed by atoms with Gasteiger partial charge in [-0.1, -0.05) is 18.2 Å². The Morgan fingerprint density at radius 1 is 0.909 bits per heavy atom. The zero-order valence-corrected chi connectivity index (χ0v) is 12.7. The second-order valence-corrected chi connectivity index (χ2v) is 5.04. The number of benzene rings is 2. The summed E-state index contributed by atoms with van der Waals surface area (Å²) in [7, 11) is 3.40. The Balaban J connectivity index is 1.88. The second-order valence-electron chi connectivity index (χ2n) is 5.04. The van der Waals surface area contributed by atoms with E-state index in [1.807, 2.05) is 30.3 Å². The quantitative estimate of drug-likeness (QED) is 0.891. The number of carbonyl (C=O) groups excluding carboxylic acids is 2. The Kier molecular flexibility index (Phi) is 5.14. The van der Waals surface area contributed by atoms with Crippen molar-refractivity contribution in [3.05, 3.63) is 60.2 Å². The highest BCUT2D eigenvalue weighted by Gasteiger charge is 2.08. The number of hydrogen-bond donors (Lipinski definition) is 2. The molecule has 0 radical (unpaired) electrons. The third kappa shape index (κ3) is 4.34. The molecule has 0 saturated heterocycles. The molecule has 22 heavy (non-hydrogen) atoms. The van der Waals surface area contributed by atoms with Gasteiger partial charge in [0.1, 0.15) is 0 Å². The highest BCUT2D eigenvalue weighted by molar-refractivity contribution is 5.96. The van der Waals surface area contributed by atoms with Crippen LogP contribution in [0.15, 0.2) is 54.6 Å². The number of rotatable bonds is 5. The second kappa shape index (κ2) is 7.26. The van der Waals surface area contributed by atoms with Gasteiger partial charge in [0.05, 0.1) is 6.54 Å². The van der Waals surface area contributed by atoms with Crippen molar-refractivity contribution in [3.63, 3.8) is 0 Å². The molecule has 0 aromatic heterocycles. The fraction of sp³-hybridized carbons (Fsp3) is 0.176. The van der Waals surface area contributed by atoms with Crippen molar-refractivity contribution in [1.82, 2.24) is 4.90 Å². The largest absolute Gasteiger partial charge is 0.376 e. The minimum Gasteiger partial charge on any atom is -0.376 e. The maximum absolute atomic E-state index is 11.9. The number of hydrogen-bond acceptors (Lipinski definition) is 3. The molecule has 0 aliphatic rings. The average Bonchev–Trinajstić information content (AvgIpc) is 2.54. The topological polar surface area (TPSA) is 61.4 Å². The van der Waals surface area contributed by atoms with E-state index in [1.54, 1.807) is 38.4 Å². The summed E-state index contributed by atoms with van der Waals surface area (Å²) in [5.41, 5.74) is 2.14. The van der Waals surface area contributed by atoms with Crippen LogP contribution in [0.4, 0.5) is 11.4 Å². The van der Waals surface area contributed by atoms with Crippen LogP contribution >= 0.6 is 0 Å². The van der Waals surface area contributed by atoms with E-state index in [2.05, 4.69) is 10.6 Å². The molecule has 2 amide bonds. The molecule has 114 valence electrons. The van der Waals surface area contributed by atoms with Gasteiger partial charge in [-0.15, -0.1) is 0 Å². The zero-order valence-electron chi connectivity index (χ0n) is 12.7. The molecule has 0 bridgehead atoms. The van der Waals surface area contributed by atoms with E-state index >= 15 is 0 Å². The van der Waals surface area contributed by atoms with E-state index in [0.29, 0.717) is 11.3 Å². The van der Waals surface area contributed by atoms with Gasteiger partial charge in [0.25, 0.3) is 5.91 Å². The zero-order chi connectivity index (χ0) is 15.9. The Hall–Kier alpha value is -2.82. The van der Waals surface area contributed by atoms with Gasteiger partial charge in [-0.25, -0.2) is 0 Å². The molecule has 0 atom stereocenters. The molecule has 0 saturated carbocycles. The smallest absolute Gasteiger partial charge is 0.253 e. The average molecular weight is 297 g/mol. The highest BCUT2D eigenvalue weighted by Crippen LogP contribution is 2.11. The summed E-state index contributed by atoms with van der Waals surface area (Å²) in [6, 6.07) is 16.4. The molecule has 0 spiro atoms. The summed E-state index contributed by atoms with van der Waals surface area (Å²) in [6.07, 6.45) is 0. The van der Waals surface area contributed by atoms with Gasteiger partial charge in [-0.2, -0.15) is 0 Å². The predicted octanol–water partition coefficient (Wildman–Crippen LogP) is 2.44. The summed E-state index contributed by atoms with van der Waals surface area (Å²) in [4.78, 5) is 25.1. The van der Waals surface area contributed by atoms with Gasteiger partial charge in [0, 0.05) is 31.0 Å². The molecule has 2 rings (SSSR count). The van der Waals surface area contributed by atoms with Crippen molar-refractivity contribution in [2.24, 2.45) is 0 Å². The number of carbonyl (C=O) groups is 2. The van der Waals surface area contributed by atoms with E-state index in [0.717, 1.165) is 5.69 Å². The van der Waals surface area contributed by atoms with Crippen LogP contribution in [0, 0.1) is 0 Å². The summed E-state index contributed by atoms with van der Waals surface area (Å²) >= 11 is 0. The molecule has 2 aromatic carbocycles. The standard InChI is InChI=1S/C17H19N3O2/c1-20(2)17(22)13-8-10-15(11-9-13)19-16(21)12-18-14-6-4-3-5-7-14/h3-11,18H,12H2,1-2H3,(H,19,21). The third-order valence-corrected chi connectivity index (χ3v) is 3.05. The Morgan fingerprint density at radius 3 is 2.14 bits per heavy atom. The first-order chi connectivity index (χ1) is 10.6. The Bertz CT molecular complexity index is 637. The minimum atomic E-state index is -0.143. The molecular formula is C17H19N3O2. The van der Waals surface area contributed by atoms with E-state index in [9.17, 15) is 9.59 Å². The van der Waals surface area contributed by atoms with Gasteiger partial charge in [-0.3, -0.25) is 9.59 Å². The molecule has 0 aliphatic heterocycles. The molecular weight excluding hydrogens is 278 g/mol. The van der Waals surface area contributed by atoms with Crippen molar-refractivity contribution in [3.8, 4) is 0 Å². The summed E-state index contributed by atoms with van der Waals surface area (Å²) in [5, 5.41) is 5.82. The lowest BCUT2D eigenvalue weighted by atomic mass is 10.2. The first-order valence-electron chi connectivity index (χ1n) is 6.97. The van der Waals surface area contributed by atoms with Crippen molar-refractivity contribution in [2.45, 2.75) is 0 Å². The van der Waals surface area contributed by atoms with Gasteiger partial charge in [0.2, 0.25) is 5.91 Å². The van der Waals surface area contributed by atoms with E-state index < -0.39 is 0 Å². The van der Waals surface area contributed by atoms with Crippen LogP contribution in [0.3, 0.4) is 0 Å². The fourth-order valence-corrected chi connectivity index (χ4v) is 1.90. The predicted molar refractivity (Wildman–Crippen MR) is 88.0 cm³/mol. The lowest BCUT2D eigenvalue weighted by Gasteiger charge is -2.11. The van der Waals surface area contributed by atoms with Crippen LogP contribution in [0.1, 0.15) is 10.4 Å². The normalized spacial score (nSPS) is 9.91. The van der Waals surface area contributed by atoms with Crippen molar-refractivity contribution < 1.29 is 9.59 Å². The summed E-state index contributed by atoms with van der Waals surface area (Å²) in [5.74, 6) is -0.209. The van der Waals surface area contributed by atoms with Crippen LogP contribution in [0.2, 0.25) is 0 Å². The van der Waals surface area contributed by atoms with Crippen LogP contribution < -0.4 is 10.6 Å². The molecule has 0 fully saturated rings. The fourth-order valence-electron chi connectivity index (χ4n) is 1.90. The first-order valence-corrected chi connectivity index (χ1v) is 6.97. The summed E-state index contributed by atoms with van der Waals surface area (Å²) < 4.78 is 0. The Labute approximate surface area is 129 Å². The third-order valence-electron chi connectivity index (χ3n) is 3.05. The lowest BCUT2D eigenvalue weighted by molar-refractivity contribution is -0.114. The number of nitrogens with one attached hydrogen (secondary N) is 2. The number of para-hydroxylation sites is 1. The van der Waals surface area contributed by atoms with Crippen LogP contribution in [0.5, 0.6) is 0 Å².